The molecule has 2 aromatic carbocycles. The van der Waals surface area contributed by atoms with E-state index in [9.17, 15) is 14.3 Å². The number of nitrogens with zero attached hydrogens (tertiary/aromatic N) is 1. The second-order valence-electron chi connectivity index (χ2n) is 5.10. The summed E-state index contributed by atoms with van der Waals surface area (Å²) in [6.07, 6.45) is 1.50. The van der Waals surface area contributed by atoms with Crippen LogP contribution in [0.5, 0.6) is 11.6 Å². The first kappa shape index (κ1) is 15.7. The summed E-state index contributed by atoms with van der Waals surface area (Å²) in [5.41, 5.74) is 0.104. The predicted molar refractivity (Wildman–Crippen MR) is 90.6 cm³/mol. The number of pyridine rings is 1. The molecule has 0 amide bonds. The van der Waals surface area contributed by atoms with Gasteiger partial charge in [0.25, 0.3) is 5.56 Å². The molecule has 3 aromatic rings. The number of halogens is 1. The maximum absolute atomic E-state index is 12.8. The third kappa shape index (κ3) is 3.43. The Morgan fingerprint density at radius 3 is 2.58 bits per heavy atom. The van der Waals surface area contributed by atoms with Crippen LogP contribution in [0.2, 0.25) is 0 Å². The van der Waals surface area contributed by atoms with Gasteiger partial charge in [0.2, 0.25) is 5.88 Å². The zero-order valence-electron chi connectivity index (χ0n) is 12.7. The highest BCUT2D eigenvalue weighted by Gasteiger charge is 2.08. The molecule has 5 nitrogen and oxygen atoms in total. The van der Waals surface area contributed by atoms with Crippen LogP contribution in [0.1, 0.15) is 5.56 Å². The summed E-state index contributed by atoms with van der Waals surface area (Å²) in [4.78, 5) is 18.4. The highest BCUT2D eigenvalue weighted by molar-refractivity contribution is 6.01. The van der Waals surface area contributed by atoms with E-state index in [1.165, 1.54) is 18.3 Å². The number of nitrogens with one attached hydrogen (secondary N) is 1. The van der Waals surface area contributed by atoms with Crippen LogP contribution in [0, 0.1) is 5.82 Å². The lowest BCUT2D eigenvalue weighted by Gasteiger charge is -2.05. The largest absolute Gasteiger partial charge is 0.494 e. The minimum atomic E-state index is -0.347. The molecule has 2 N–H and O–H groups in total. The van der Waals surface area contributed by atoms with E-state index in [4.69, 9.17) is 4.74 Å². The second kappa shape index (κ2) is 6.95. The maximum atomic E-state index is 12.8. The van der Waals surface area contributed by atoms with E-state index < -0.39 is 0 Å². The van der Waals surface area contributed by atoms with Crippen molar-refractivity contribution in [3.8, 4) is 11.6 Å². The molecule has 0 saturated carbocycles. The Bertz CT molecular complexity index is 933. The van der Waals surface area contributed by atoms with Crippen LogP contribution in [0.25, 0.3) is 10.8 Å². The monoisotopic (exact) mass is 326 g/mol. The van der Waals surface area contributed by atoms with Crippen molar-refractivity contribution in [2.75, 3.05) is 13.2 Å². The van der Waals surface area contributed by atoms with Crippen molar-refractivity contribution in [3.05, 3.63) is 70.3 Å². The number of aliphatic imine (C=N–C) groups is 1. The van der Waals surface area contributed by atoms with Crippen LogP contribution < -0.4 is 10.3 Å². The third-order valence-electron chi connectivity index (χ3n) is 3.47. The number of benzene rings is 2. The minimum absolute atomic E-state index is 0.220. The van der Waals surface area contributed by atoms with Crippen molar-refractivity contribution < 1.29 is 14.2 Å². The van der Waals surface area contributed by atoms with Gasteiger partial charge in [-0.2, -0.15) is 0 Å². The normalized spacial score (nSPS) is 11.2. The Morgan fingerprint density at radius 1 is 1.12 bits per heavy atom. The fraction of sp³-hybridized carbons (Fsp3) is 0.111. The molecule has 122 valence electrons. The van der Waals surface area contributed by atoms with E-state index >= 15 is 0 Å². The first-order valence-electron chi connectivity index (χ1n) is 7.37. The smallest absolute Gasteiger partial charge is 0.258 e. The van der Waals surface area contributed by atoms with Gasteiger partial charge in [0, 0.05) is 17.0 Å². The van der Waals surface area contributed by atoms with E-state index in [1.54, 1.807) is 36.4 Å². The molecule has 0 unspecified atom stereocenters. The van der Waals surface area contributed by atoms with Crippen LogP contribution in [0.4, 0.5) is 4.39 Å². The highest BCUT2D eigenvalue weighted by Crippen LogP contribution is 2.20. The standard InChI is InChI=1S/C18H15FN2O3/c19-12-5-7-13(8-6-12)24-10-9-20-11-16-14-3-1-2-4-15(14)17(22)21-18(16)23/h1-8,11H,9-10H2,(H2,21,22,23). The quantitative estimate of drug-likeness (QED) is 0.559. The summed E-state index contributed by atoms with van der Waals surface area (Å²) >= 11 is 0. The number of aromatic nitrogens is 1. The summed E-state index contributed by atoms with van der Waals surface area (Å²) in [5, 5.41) is 11.0. The van der Waals surface area contributed by atoms with Gasteiger partial charge in [-0.25, -0.2) is 4.39 Å². The van der Waals surface area contributed by atoms with E-state index in [0.717, 1.165) is 0 Å². The molecule has 6 heteroatoms. The molecule has 3 rings (SSSR count). The van der Waals surface area contributed by atoms with Crippen molar-refractivity contribution >= 4 is 17.0 Å². The summed E-state index contributed by atoms with van der Waals surface area (Å²) in [7, 11) is 0. The van der Waals surface area contributed by atoms with Gasteiger partial charge in [-0.05, 0) is 30.3 Å². The van der Waals surface area contributed by atoms with Gasteiger partial charge < -0.3 is 9.84 Å². The Hall–Kier alpha value is -3.15. The Labute approximate surface area is 137 Å². The van der Waals surface area contributed by atoms with Gasteiger partial charge in [0.05, 0.1) is 12.1 Å². The molecular weight excluding hydrogens is 311 g/mol. The maximum Gasteiger partial charge on any atom is 0.258 e. The Balaban J connectivity index is 1.70. The third-order valence-corrected chi connectivity index (χ3v) is 3.47. The van der Waals surface area contributed by atoms with Crippen molar-refractivity contribution in [2.24, 2.45) is 4.99 Å². The average Bonchev–Trinajstić information content (AvgIpc) is 2.59. The van der Waals surface area contributed by atoms with Gasteiger partial charge in [-0.1, -0.05) is 18.2 Å². The van der Waals surface area contributed by atoms with E-state index in [1.807, 2.05) is 0 Å². The highest BCUT2D eigenvalue weighted by atomic mass is 19.1. The van der Waals surface area contributed by atoms with Crippen LogP contribution in [0.3, 0.4) is 0 Å². The topological polar surface area (TPSA) is 74.7 Å². The number of aromatic amines is 1. The van der Waals surface area contributed by atoms with Crippen molar-refractivity contribution in [2.45, 2.75) is 0 Å². The van der Waals surface area contributed by atoms with E-state index in [0.29, 0.717) is 35.2 Å². The molecule has 0 saturated heterocycles. The number of fused-ring (bicyclic) bond motifs is 1. The second-order valence-corrected chi connectivity index (χ2v) is 5.10. The van der Waals surface area contributed by atoms with Crippen LogP contribution in [0.15, 0.2) is 58.3 Å². The summed E-state index contributed by atoms with van der Waals surface area (Å²) in [5.74, 6) is 0.0200. The van der Waals surface area contributed by atoms with Gasteiger partial charge in [0.15, 0.2) is 0 Å². The molecule has 0 radical (unpaired) electrons. The lowest BCUT2D eigenvalue weighted by atomic mass is 10.1. The van der Waals surface area contributed by atoms with Crippen LogP contribution in [-0.4, -0.2) is 29.5 Å². The fourth-order valence-electron chi connectivity index (χ4n) is 2.32. The number of rotatable bonds is 5. The molecular formula is C18H15FN2O3. The zero-order chi connectivity index (χ0) is 16.9. The Morgan fingerprint density at radius 2 is 1.83 bits per heavy atom. The molecule has 0 aliphatic heterocycles. The summed E-state index contributed by atoms with van der Waals surface area (Å²) in [6, 6.07) is 12.7. The number of H-pyrrole nitrogens is 1. The lowest BCUT2D eigenvalue weighted by molar-refractivity contribution is 0.328. The van der Waals surface area contributed by atoms with Crippen molar-refractivity contribution in [1.82, 2.24) is 4.98 Å². The molecule has 0 atom stereocenters. The lowest BCUT2D eigenvalue weighted by Crippen LogP contribution is -2.08. The van der Waals surface area contributed by atoms with Crippen LogP contribution >= 0.6 is 0 Å². The van der Waals surface area contributed by atoms with Gasteiger partial charge >= 0.3 is 0 Å². The van der Waals surface area contributed by atoms with Crippen molar-refractivity contribution in [3.63, 3.8) is 0 Å². The number of hydrogen-bond acceptors (Lipinski definition) is 4. The minimum Gasteiger partial charge on any atom is -0.494 e. The molecule has 1 aromatic heterocycles. The SMILES string of the molecule is O=c1[nH]c(O)c(C=NCCOc2ccc(F)cc2)c2ccccc12. The average molecular weight is 326 g/mol. The molecule has 0 bridgehead atoms. The van der Waals surface area contributed by atoms with Crippen LogP contribution in [-0.2, 0) is 0 Å². The van der Waals surface area contributed by atoms with E-state index in [-0.39, 0.29) is 17.3 Å². The molecule has 0 aliphatic rings. The van der Waals surface area contributed by atoms with Gasteiger partial charge in [-0.15, -0.1) is 0 Å². The molecule has 1 heterocycles. The fourth-order valence-corrected chi connectivity index (χ4v) is 2.32. The first-order chi connectivity index (χ1) is 11.6. The van der Waals surface area contributed by atoms with Crippen molar-refractivity contribution in [1.29, 1.82) is 0 Å². The summed E-state index contributed by atoms with van der Waals surface area (Å²) in [6.45, 7) is 0.661. The molecule has 0 fully saturated rings. The number of hydrogen-bond donors (Lipinski definition) is 2. The van der Waals surface area contributed by atoms with Gasteiger partial charge in [0.1, 0.15) is 18.2 Å². The van der Waals surface area contributed by atoms with Gasteiger partial charge in [-0.3, -0.25) is 14.8 Å². The number of aromatic hydroxyl groups is 1. The molecule has 24 heavy (non-hydrogen) atoms. The molecule has 0 spiro atoms. The predicted octanol–water partition coefficient (Wildman–Crippen LogP) is 2.87. The summed E-state index contributed by atoms with van der Waals surface area (Å²) < 4.78 is 18.2. The number of ether oxygens (including phenoxy) is 1. The Kier molecular flexibility index (Phi) is 4.56. The zero-order valence-corrected chi connectivity index (χ0v) is 12.7. The van der Waals surface area contributed by atoms with E-state index in [2.05, 4.69) is 9.98 Å². The first-order valence-corrected chi connectivity index (χ1v) is 7.37. The molecule has 0 aliphatic carbocycles.